The van der Waals surface area contributed by atoms with Crippen molar-refractivity contribution in [2.75, 3.05) is 13.6 Å². The molecule has 5 heteroatoms. The van der Waals surface area contributed by atoms with Crippen molar-refractivity contribution in [1.29, 1.82) is 0 Å². The van der Waals surface area contributed by atoms with E-state index in [1.807, 2.05) is 37.4 Å². The first-order valence-corrected chi connectivity index (χ1v) is 9.09. The molecule has 1 aliphatic heterocycles. The van der Waals surface area contributed by atoms with Crippen molar-refractivity contribution in [3.63, 3.8) is 0 Å². The Morgan fingerprint density at radius 1 is 1.23 bits per heavy atom. The van der Waals surface area contributed by atoms with Gasteiger partial charge in [-0.15, -0.1) is 0 Å². The molecule has 0 spiro atoms. The van der Waals surface area contributed by atoms with E-state index in [0.717, 1.165) is 17.5 Å². The van der Waals surface area contributed by atoms with E-state index in [4.69, 9.17) is 0 Å². The lowest BCUT2D eigenvalue weighted by Crippen LogP contribution is -2.33. The molecule has 2 amide bonds. The SMILES string of the molecule is CCc1ccccc1CC(=O)NC[C@@H]1CC(=O)N(C)[C@H]1c1cccnc1. The number of aryl methyl sites for hydroxylation is 1. The van der Waals surface area contributed by atoms with Gasteiger partial charge in [0.05, 0.1) is 12.5 Å². The van der Waals surface area contributed by atoms with Crippen molar-refractivity contribution < 1.29 is 9.59 Å². The Morgan fingerprint density at radius 2 is 2.00 bits per heavy atom. The van der Waals surface area contributed by atoms with Gasteiger partial charge in [0.15, 0.2) is 0 Å². The summed E-state index contributed by atoms with van der Waals surface area (Å²) < 4.78 is 0. The maximum absolute atomic E-state index is 12.4. The largest absolute Gasteiger partial charge is 0.355 e. The van der Waals surface area contributed by atoms with E-state index < -0.39 is 0 Å². The molecular formula is C21H25N3O2. The van der Waals surface area contributed by atoms with Crippen LogP contribution in [0, 0.1) is 5.92 Å². The number of nitrogens with one attached hydrogen (secondary N) is 1. The summed E-state index contributed by atoms with van der Waals surface area (Å²) in [5, 5.41) is 3.03. The molecule has 2 heterocycles. The van der Waals surface area contributed by atoms with Gasteiger partial charge in [-0.25, -0.2) is 0 Å². The molecule has 0 unspecified atom stereocenters. The summed E-state index contributed by atoms with van der Waals surface area (Å²) in [7, 11) is 1.82. The first kappa shape index (κ1) is 18.1. The molecule has 0 aliphatic carbocycles. The molecule has 1 N–H and O–H groups in total. The Hall–Kier alpha value is -2.69. The molecule has 5 nitrogen and oxygen atoms in total. The summed E-state index contributed by atoms with van der Waals surface area (Å²) in [6, 6.07) is 11.8. The topological polar surface area (TPSA) is 62.3 Å². The number of hydrogen-bond donors (Lipinski definition) is 1. The van der Waals surface area contributed by atoms with E-state index in [1.165, 1.54) is 5.56 Å². The van der Waals surface area contributed by atoms with Crippen LogP contribution in [0.2, 0.25) is 0 Å². The number of nitrogens with zero attached hydrogens (tertiary/aromatic N) is 2. The zero-order valence-electron chi connectivity index (χ0n) is 15.3. The molecule has 2 atom stereocenters. The number of likely N-dealkylation sites (tertiary alicyclic amines) is 1. The molecule has 26 heavy (non-hydrogen) atoms. The number of benzene rings is 1. The number of carbonyl (C=O) groups excluding carboxylic acids is 2. The quantitative estimate of drug-likeness (QED) is 0.870. The fraction of sp³-hybridized carbons (Fsp3) is 0.381. The van der Waals surface area contributed by atoms with Gasteiger partial charge in [-0.1, -0.05) is 37.3 Å². The molecule has 1 aromatic carbocycles. The molecule has 0 saturated carbocycles. The molecular weight excluding hydrogens is 326 g/mol. The zero-order chi connectivity index (χ0) is 18.5. The lowest BCUT2D eigenvalue weighted by molar-refractivity contribution is -0.127. The van der Waals surface area contributed by atoms with E-state index in [1.54, 1.807) is 17.3 Å². The maximum atomic E-state index is 12.4. The van der Waals surface area contributed by atoms with E-state index in [9.17, 15) is 9.59 Å². The molecule has 1 saturated heterocycles. The lowest BCUT2D eigenvalue weighted by atomic mass is 9.94. The van der Waals surface area contributed by atoms with Crippen LogP contribution in [-0.4, -0.2) is 35.3 Å². The molecule has 0 bridgehead atoms. The van der Waals surface area contributed by atoms with Gasteiger partial charge < -0.3 is 10.2 Å². The maximum Gasteiger partial charge on any atom is 0.224 e. The molecule has 1 aliphatic rings. The summed E-state index contributed by atoms with van der Waals surface area (Å²) in [6.45, 7) is 2.58. The van der Waals surface area contributed by atoms with Crippen molar-refractivity contribution in [3.05, 3.63) is 65.5 Å². The average molecular weight is 351 g/mol. The number of aromatic nitrogens is 1. The fourth-order valence-corrected chi connectivity index (χ4v) is 3.74. The van der Waals surface area contributed by atoms with Crippen LogP contribution in [0.25, 0.3) is 0 Å². The summed E-state index contributed by atoms with van der Waals surface area (Å²) >= 11 is 0. The smallest absolute Gasteiger partial charge is 0.224 e. The van der Waals surface area contributed by atoms with Crippen LogP contribution < -0.4 is 5.32 Å². The summed E-state index contributed by atoms with van der Waals surface area (Å²) in [4.78, 5) is 30.5. The second kappa shape index (κ2) is 8.13. The van der Waals surface area contributed by atoms with Gasteiger partial charge in [0.1, 0.15) is 0 Å². The number of hydrogen-bond acceptors (Lipinski definition) is 3. The highest BCUT2D eigenvalue weighted by Crippen LogP contribution is 2.36. The second-order valence-electron chi connectivity index (χ2n) is 6.80. The number of amides is 2. The van der Waals surface area contributed by atoms with Gasteiger partial charge in [0, 0.05) is 38.3 Å². The summed E-state index contributed by atoms with van der Waals surface area (Å²) in [6.07, 6.45) is 5.25. The van der Waals surface area contributed by atoms with E-state index >= 15 is 0 Å². The lowest BCUT2D eigenvalue weighted by Gasteiger charge is -2.25. The Kier molecular flexibility index (Phi) is 5.66. The first-order valence-electron chi connectivity index (χ1n) is 9.09. The second-order valence-corrected chi connectivity index (χ2v) is 6.80. The molecule has 2 aromatic rings. The minimum atomic E-state index is -0.0422. The number of rotatable bonds is 6. The van der Waals surface area contributed by atoms with Crippen molar-refractivity contribution in [3.8, 4) is 0 Å². The molecule has 136 valence electrons. The van der Waals surface area contributed by atoms with E-state index in [-0.39, 0.29) is 23.8 Å². The van der Waals surface area contributed by atoms with Crippen LogP contribution in [0.15, 0.2) is 48.8 Å². The monoisotopic (exact) mass is 351 g/mol. The Labute approximate surface area is 154 Å². The molecule has 1 fully saturated rings. The van der Waals surface area contributed by atoms with Gasteiger partial charge in [0.25, 0.3) is 0 Å². The van der Waals surface area contributed by atoms with Crippen molar-refractivity contribution in [2.24, 2.45) is 5.92 Å². The fourth-order valence-electron chi connectivity index (χ4n) is 3.74. The predicted molar refractivity (Wildman–Crippen MR) is 100 cm³/mol. The Morgan fingerprint density at radius 3 is 2.69 bits per heavy atom. The zero-order valence-corrected chi connectivity index (χ0v) is 15.3. The number of pyridine rings is 1. The van der Waals surface area contributed by atoms with Crippen molar-refractivity contribution in [2.45, 2.75) is 32.2 Å². The predicted octanol–water partition coefficient (Wildman–Crippen LogP) is 2.52. The minimum absolute atomic E-state index is 0.00200. The van der Waals surface area contributed by atoms with Crippen molar-refractivity contribution >= 4 is 11.8 Å². The molecule has 3 rings (SSSR count). The van der Waals surface area contributed by atoms with Gasteiger partial charge in [-0.05, 0) is 29.2 Å². The van der Waals surface area contributed by atoms with Crippen LogP contribution in [0.5, 0.6) is 0 Å². The van der Waals surface area contributed by atoms with Gasteiger partial charge in [-0.2, -0.15) is 0 Å². The van der Waals surface area contributed by atoms with Gasteiger partial charge in [-0.3, -0.25) is 14.6 Å². The standard InChI is InChI=1S/C21H25N3O2/c1-3-15-7-4-5-8-16(15)11-19(25)23-14-18-12-20(26)24(2)21(18)17-9-6-10-22-13-17/h4-10,13,18,21H,3,11-12,14H2,1-2H3,(H,23,25)/t18-,21-/m0/s1. The molecule has 1 aromatic heterocycles. The average Bonchev–Trinajstić information content (AvgIpc) is 2.95. The summed E-state index contributed by atoms with van der Waals surface area (Å²) in [5.41, 5.74) is 3.28. The normalized spacial score (nSPS) is 19.6. The third-order valence-electron chi connectivity index (χ3n) is 5.13. The Bertz CT molecular complexity index is 776. The van der Waals surface area contributed by atoms with Crippen molar-refractivity contribution in [1.82, 2.24) is 15.2 Å². The van der Waals surface area contributed by atoms with Gasteiger partial charge in [0.2, 0.25) is 11.8 Å². The van der Waals surface area contributed by atoms with E-state index in [0.29, 0.717) is 19.4 Å². The highest BCUT2D eigenvalue weighted by Gasteiger charge is 2.38. The highest BCUT2D eigenvalue weighted by molar-refractivity contribution is 5.81. The van der Waals surface area contributed by atoms with Crippen LogP contribution >= 0.6 is 0 Å². The van der Waals surface area contributed by atoms with Crippen LogP contribution in [-0.2, 0) is 22.4 Å². The minimum Gasteiger partial charge on any atom is -0.355 e. The third-order valence-corrected chi connectivity index (χ3v) is 5.13. The highest BCUT2D eigenvalue weighted by atomic mass is 16.2. The first-order chi connectivity index (χ1) is 12.6. The Balaban J connectivity index is 1.64. The molecule has 0 radical (unpaired) electrons. The van der Waals surface area contributed by atoms with E-state index in [2.05, 4.69) is 23.3 Å². The van der Waals surface area contributed by atoms with Crippen LogP contribution in [0.1, 0.15) is 36.1 Å². The van der Waals surface area contributed by atoms with Gasteiger partial charge >= 0.3 is 0 Å². The van der Waals surface area contributed by atoms with Crippen LogP contribution in [0.4, 0.5) is 0 Å². The third kappa shape index (κ3) is 3.93. The van der Waals surface area contributed by atoms with Crippen LogP contribution in [0.3, 0.4) is 0 Å². The summed E-state index contributed by atoms with van der Waals surface area (Å²) in [5.74, 6) is 0.161. The number of carbonyl (C=O) groups is 2.